The van der Waals surface area contributed by atoms with Crippen LogP contribution in [0.15, 0.2) is 58.5 Å². The van der Waals surface area contributed by atoms with Gasteiger partial charge < -0.3 is 10.6 Å². The number of nitrogens with zero attached hydrogens (tertiary/aromatic N) is 2. The number of rotatable bonds is 2. The smallest absolute Gasteiger partial charge is 0.274 e. The van der Waals surface area contributed by atoms with Gasteiger partial charge in [-0.2, -0.15) is 0 Å². The molecule has 2 aromatic carbocycles. The molecule has 162 valence electrons. The average molecular weight is 427 g/mol. The third-order valence-corrected chi connectivity index (χ3v) is 8.60. The number of benzene rings is 2. The van der Waals surface area contributed by atoms with Gasteiger partial charge in [0.25, 0.3) is 11.8 Å². The second kappa shape index (κ2) is 6.37. The second-order valence-electron chi connectivity index (χ2n) is 10.2. The topological polar surface area (TPSA) is 82.9 Å². The molecular formula is C26H26N4O2. The summed E-state index contributed by atoms with van der Waals surface area (Å²) < 4.78 is 0. The Morgan fingerprint density at radius 2 is 1.34 bits per heavy atom. The molecule has 2 aliphatic heterocycles. The Morgan fingerprint density at radius 1 is 0.812 bits per heavy atom. The molecule has 6 rings (SSSR count). The number of amides is 2. The molecule has 2 heterocycles. The van der Waals surface area contributed by atoms with Crippen molar-refractivity contribution in [2.75, 3.05) is 10.6 Å². The highest BCUT2D eigenvalue weighted by Crippen LogP contribution is 2.67. The minimum Gasteiger partial charge on any atom is -0.320 e. The molecule has 6 nitrogen and oxygen atoms in total. The Hall–Kier alpha value is -3.28. The predicted octanol–water partition coefficient (Wildman–Crippen LogP) is 4.06. The van der Waals surface area contributed by atoms with Gasteiger partial charge in [-0.05, 0) is 41.7 Å². The summed E-state index contributed by atoms with van der Waals surface area (Å²) in [4.78, 5) is 35.8. The summed E-state index contributed by atoms with van der Waals surface area (Å²) in [5, 5.41) is 5.87. The lowest BCUT2D eigenvalue weighted by Crippen LogP contribution is -2.40. The normalized spacial score (nSPS) is 34.0. The maximum absolute atomic E-state index is 12.8. The lowest BCUT2D eigenvalue weighted by molar-refractivity contribution is -0.110. The zero-order valence-corrected chi connectivity index (χ0v) is 18.5. The number of carbonyl (C=O) groups is 2. The monoisotopic (exact) mass is 426 g/mol. The van der Waals surface area contributed by atoms with Crippen LogP contribution in [0.4, 0.5) is 11.4 Å². The van der Waals surface area contributed by atoms with Crippen LogP contribution in [0.1, 0.15) is 44.7 Å². The van der Waals surface area contributed by atoms with E-state index in [1.807, 2.05) is 48.5 Å². The lowest BCUT2D eigenvalue weighted by Gasteiger charge is -2.37. The summed E-state index contributed by atoms with van der Waals surface area (Å²) in [5.74, 6) is -0.0207. The van der Waals surface area contributed by atoms with Crippen molar-refractivity contribution in [3.05, 3.63) is 59.7 Å². The molecule has 0 spiro atoms. The van der Waals surface area contributed by atoms with E-state index in [0.717, 1.165) is 35.3 Å². The van der Waals surface area contributed by atoms with Crippen molar-refractivity contribution < 1.29 is 9.59 Å². The minimum absolute atomic E-state index is 0.000347. The van der Waals surface area contributed by atoms with Crippen LogP contribution < -0.4 is 10.6 Å². The van der Waals surface area contributed by atoms with E-state index in [9.17, 15) is 9.59 Å². The average Bonchev–Trinajstić information content (AvgIpc) is 3.37. The van der Waals surface area contributed by atoms with E-state index in [4.69, 9.17) is 9.98 Å². The summed E-state index contributed by atoms with van der Waals surface area (Å²) in [5.41, 5.74) is 4.16. The van der Waals surface area contributed by atoms with Crippen molar-refractivity contribution in [1.82, 2.24) is 0 Å². The van der Waals surface area contributed by atoms with Crippen LogP contribution in [0.3, 0.4) is 0 Å². The molecule has 2 bridgehead atoms. The number of fused-ring (bicyclic) bond motifs is 4. The maximum Gasteiger partial charge on any atom is 0.274 e. The van der Waals surface area contributed by atoms with Gasteiger partial charge in [0.1, 0.15) is 11.4 Å². The van der Waals surface area contributed by atoms with Crippen molar-refractivity contribution in [3.8, 4) is 0 Å². The molecule has 4 atom stereocenters. The Bertz CT molecular complexity index is 1240. The third-order valence-electron chi connectivity index (χ3n) is 8.60. The molecule has 0 unspecified atom stereocenters. The highest BCUT2D eigenvalue weighted by Gasteiger charge is 2.67. The summed E-state index contributed by atoms with van der Waals surface area (Å²) in [7, 11) is 0. The van der Waals surface area contributed by atoms with Crippen LogP contribution in [0.25, 0.3) is 0 Å². The number of nitrogens with one attached hydrogen (secondary N) is 2. The molecule has 0 radical (unpaired) electrons. The van der Waals surface area contributed by atoms with Gasteiger partial charge in [0.05, 0.1) is 23.5 Å². The van der Waals surface area contributed by atoms with E-state index in [1.165, 1.54) is 0 Å². The van der Waals surface area contributed by atoms with E-state index in [-0.39, 0.29) is 34.7 Å². The Morgan fingerprint density at radius 3 is 1.94 bits per heavy atom. The van der Waals surface area contributed by atoms with Gasteiger partial charge in [-0.15, -0.1) is 0 Å². The Labute approximate surface area is 187 Å². The van der Waals surface area contributed by atoms with Crippen LogP contribution in [-0.2, 0) is 9.59 Å². The van der Waals surface area contributed by atoms with Crippen LogP contribution in [-0.4, -0.2) is 35.3 Å². The van der Waals surface area contributed by atoms with Crippen LogP contribution >= 0.6 is 0 Å². The molecule has 4 aliphatic rings. The quantitative estimate of drug-likeness (QED) is 0.759. The van der Waals surface area contributed by atoms with Crippen molar-refractivity contribution in [2.24, 2.45) is 26.7 Å². The first-order chi connectivity index (χ1) is 15.3. The highest BCUT2D eigenvalue weighted by atomic mass is 16.2. The molecule has 0 saturated heterocycles. The molecular weight excluding hydrogens is 400 g/mol. The molecule has 2 fully saturated rings. The third kappa shape index (κ3) is 2.41. The molecule has 2 aromatic rings. The van der Waals surface area contributed by atoms with Crippen LogP contribution in [0.2, 0.25) is 0 Å². The van der Waals surface area contributed by atoms with Gasteiger partial charge in [-0.25, -0.2) is 0 Å². The van der Waals surface area contributed by atoms with Gasteiger partial charge in [-0.3, -0.25) is 19.6 Å². The molecule has 32 heavy (non-hydrogen) atoms. The largest absolute Gasteiger partial charge is 0.320 e. The second-order valence-corrected chi connectivity index (χ2v) is 10.2. The van der Waals surface area contributed by atoms with Gasteiger partial charge in [0.15, 0.2) is 0 Å². The van der Waals surface area contributed by atoms with Gasteiger partial charge >= 0.3 is 0 Å². The Balaban J connectivity index is 1.50. The number of para-hydroxylation sites is 2. The summed E-state index contributed by atoms with van der Waals surface area (Å²) in [6.07, 6.45) is 2.10. The predicted molar refractivity (Wildman–Crippen MR) is 125 cm³/mol. The van der Waals surface area contributed by atoms with E-state index in [0.29, 0.717) is 17.3 Å². The number of aliphatic imine (C=N–C) groups is 2. The first-order valence-corrected chi connectivity index (χ1v) is 11.3. The fourth-order valence-corrected chi connectivity index (χ4v) is 6.41. The van der Waals surface area contributed by atoms with Crippen LogP contribution in [0, 0.1) is 16.7 Å². The fourth-order valence-electron chi connectivity index (χ4n) is 6.41. The first kappa shape index (κ1) is 19.4. The lowest BCUT2D eigenvalue weighted by atomic mass is 9.69. The molecule has 2 amide bonds. The molecule has 2 saturated carbocycles. The van der Waals surface area contributed by atoms with Crippen LogP contribution in [0.5, 0.6) is 0 Å². The van der Waals surface area contributed by atoms with Crippen molar-refractivity contribution in [1.29, 1.82) is 0 Å². The Kier molecular flexibility index (Phi) is 3.87. The summed E-state index contributed by atoms with van der Waals surface area (Å²) >= 11 is 0. The van der Waals surface area contributed by atoms with Gasteiger partial charge in [0.2, 0.25) is 0 Å². The minimum atomic E-state index is -0.170. The first-order valence-electron chi connectivity index (χ1n) is 11.3. The summed E-state index contributed by atoms with van der Waals surface area (Å²) in [6, 6.07) is 15.0. The van der Waals surface area contributed by atoms with Gasteiger partial charge in [-0.1, -0.05) is 57.2 Å². The number of anilines is 2. The highest BCUT2D eigenvalue weighted by molar-refractivity contribution is 6.54. The van der Waals surface area contributed by atoms with E-state index < -0.39 is 0 Å². The zero-order chi connectivity index (χ0) is 22.3. The number of carbonyl (C=O) groups excluding carboxylic acids is 2. The van der Waals surface area contributed by atoms with Gasteiger partial charge in [0, 0.05) is 11.1 Å². The van der Waals surface area contributed by atoms with E-state index in [1.54, 1.807) is 0 Å². The van der Waals surface area contributed by atoms with E-state index >= 15 is 0 Å². The SMILES string of the molecule is CC1(C)[C@H]2CC[C@@]1(C)[C@H](N=C1C(=O)Nc3ccccc31)[C@H]2N=C1C(=O)Nc2ccccc21. The fraction of sp³-hybridized carbons (Fsp3) is 0.385. The van der Waals surface area contributed by atoms with E-state index in [2.05, 4.69) is 31.4 Å². The van der Waals surface area contributed by atoms with Crippen molar-refractivity contribution >= 4 is 34.6 Å². The molecule has 2 aliphatic carbocycles. The van der Waals surface area contributed by atoms with Crippen molar-refractivity contribution in [2.45, 2.75) is 45.7 Å². The zero-order valence-electron chi connectivity index (χ0n) is 18.5. The molecule has 6 heteroatoms. The standard InChI is InChI=1S/C26H26N4O2/c1-25(2)16-12-13-26(25,3)22(30-20-15-9-5-7-11-18(15)28-24(20)32)21(16)29-19-14-8-4-6-10-17(14)27-23(19)31/h4-11,16,21-22H,12-13H2,1-3H3,(H,27,29,31)(H,28,30,32)/t16-,21-,22+,26-/m0/s1. The number of hydrogen-bond acceptors (Lipinski definition) is 4. The molecule has 0 aromatic heterocycles. The number of hydrogen-bond donors (Lipinski definition) is 2. The molecule has 2 N–H and O–H groups in total. The van der Waals surface area contributed by atoms with Crippen molar-refractivity contribution in [3.63, 3.8) is 0 Å². The summed E-state index contributed by atoms with van der Waals surface area (Å²) in [6.45, 7) is 6.87. The maximum atomic E-state index is 12.8.